The Morgan fingerprint density at radius 1 is 1.31 bits per heavy atom. The number of rotatable bonds is 5. The summed E-state index contributed by atoms with van der Waals surface area (Å²) >= 11 is 0. The molecule has 1 aromatic heterocycles. The van der Waals surface area contributed by atoms with Gasteiger partial charge in [0.15, 0.2) is 0 Å². The van der Waals surface area contributed by atoms with Crippen molar-refractivity contribution in [3.05, 3.63) is 18.2 Å². The number of nitrogens with zero attached hydrogens (tertiary/aromatic N) is 1. The van der Waals surface area contributed by atoms with Gasteiger partial charge in [0.05, 0.1) is 7.05 Å². The van der Waals surface area contributed by atoms with Crippen LogP contribution in [-0.4, -0.2) is 4.98 Å². The van der Waals surface area contributed by atoms with E-state index in [1.807, 2.05) is 6.20 Å². The highest BCUT2D eigenvalue weighted by Crippen LogP contribution is 2.02. The number of aromatic amines is 1. The predicted molar refractivity (Wildman–Crippen MR) is 49.8 cm³/mol. The first-order valence-electron chi connectivity index (χ1n) is 4.86. The Morgan fingerprint density at radius 3 is 2.62 bits per heavy atom. The molecule has 0 aromatic carbocycles. The second kappa shape index (κ2) is 7.35. The number of nitrogens with one attached hydrogen (secondary N) is 1. The summed E-state index contributed by atoms with van der Waals surface area (Å²) in [5.74, 6) is 1.34. The molecule has 0 radical (unpaired) electrons. The Hall–Kier alpha value is -0.0600. The lowest BCUT2D eigenvalue weighted by molar-refractivity contribution is -0.677. The van der Waals surface area contributed by atoms with Gasteiger partial charge in [-0.2, -0.15) is 0 Å². The molecule has 1 aromatic rings. The van der Waals surface area contributed by atoms with Crippen LogP contribution in [0.25, 0.3) is 0 Å². The molecule has 3 heteroatoms. The zero-order valence-electron chi connectivity index (χ0n) is 8.52. The summed E-state index contributed by atoms with van der Waals surface area (Å²) in [4.78, 5) is 3.25. The van der Waals surface area contributed by atoms with E-state index < -0.39 is 0 Å². The molecule has 0 amide bonds. The third kappa shape index (κ3) is 4.64. The molecule has 76 valence electrons. The van der Waals surface area contributed by atoms with Crippen molar-refractivity contribution in [1.29, 1.82) is 0 Å². The zero-order chi connectivity index (χ0) is 8.81. The van der Waals surface area contributed by atoms with Gasteiger partial charge in [-0.1, -0.05) is 26.2 Å². The van der Waals surface area contributed by atoms with Crippen molar-refractivity contribution in [2.75, 3.05) is 0 Å². The Bertz CT molecular complexity index is 220. The first kappa shape index (κ1) is 12.9. The molecule has 1 rings (SSSR count). The molecule has 0 saturated carbocycles. The third-order valence-electron chi connectivity index (χ3n) is 2.24. The van der Waals surface area contributed by atoms with Crippen LogP contribution in [0, 0.1) is 0 Å². The topological polar surface area (TPSA) is 19.7 Å². The van der Waals surface area contributed by atoms with Gasteiger partial charge in [0.1, 0.15) is 12.4 Å². The summed E-state index contributed by atoms with van der Waals surface area (Å²) in [6.07, 6.45) is 10.6. The largest absolute Gasteiger partial charge is 1.00 e. The Morgan fingerprint density at radius 2 is 2.08 bits per heavy atom. The molecule has 13 heavy (non-hydrogen) atoms. The van der Waals surface area contributed by atoms with Crippen LogP contribution in [0.15, 0.2) is 12.4 Å². The molecular formula is C10H19IN2. The molecule has 0 aliphatic rings. The number of H-pyrrole nitrogens is 1. The first-order valence-corrected chi connectivity index (χ1v) is 4.86. The van der Waals surface area contributed by atoms with Gasteiger partial charge in [0.25, 0.3) is 5.82 Å². The molecule has 1 heterocycles. The van der Waals surface area contributed by atoms with Gasteiger partial charge < -0.3 is 24.0 Å². The fourth-order valence-electron chi connectivity index (χ4n) is 1.40. The lowest BCUT2D eigenvalue weighted by Gasteiger charge is -1.95. The van der Waals surface area contributed by atoms with E-state index in [1.165, 1.54) is 37.9 Å². The van der Waals surface area contributed by atoms with Crippen LogP contribution < -0.4 is 28.5 Å². The van der Waals surface area contributed by atoms with Crippen LogP contribution in [0.4, 0.5) is 0 Å². The number of aromatic nitrogens is 2. The quantitative estimate of drug-likeness (QED) is 0.407. The standard InChI is InChI=1S/C10H18N2.HI/c1-3-4-5-6-7-10-11-8-9-12(10)2;/h8-9H,3-7H2,1-2H3;1H. The molecule has 0 aliphatic heterocycles. The fourth-order valence-corrected chi connectivity index (χ4v) is 1.40. The molecule has 0 saturated heterocycles. The molecule has 0 fully saturated rings. The van der Waals surface area contributed by atoms with Crippen molar-refractivity contribution in [2.24, 2.45) is 7.05 Å². The number of halogens is 1. The number of unbranched alkanes of at least 4 members (excludes halogenated alkanes) is 3. The zero-order valence-corrected chi connectivity index (χ0v) is 10.7. The van der Waals surface area contributed by atoms with E-state index in [0.717, 1.165) is 0 Å². The van der Waals surface area contributed by atoms with Crippen LogP contribution >= 0.6 is 0 Å². The summed E-state index contributed by atoms with van der Waals surface area (Å²) in [5, 5.41) is 0. The van der Waals surface area contributed by atoms with Gasteiger partial charge in [-0.3, -0.25) is 0 Å². The van der Waals surface area contributed by atoms with Crippen molar-refractivity contribution >= 4 is 0 Å². The van der Waals surface area contributed by atoms with Crippen molar-refractivity contribution in [3.8, 4) is 0 Å². The van der Waals surface area contributed by atoms with Gasteiger partial charge in [-0.15, -0.1) is 0 Å². The van der Waals surface area contributed by atoms with Crippen LogP contribution in [0.2, 0.25) is 0 Å². The molecule has 0 atom stereocenters. The smallest absolute Gasteiger partial charge is 0.253 e. The second-order valence-electron chi connectivity index (χ2n) is 3.33. The van der Waals surface area contributed by atoms with Crippen LogP contribution in [0.5, 0.6) is 0 Å². The van der Waals surface area contributed by atoms with E-state index in [4.69, 9.17) is 0 Å². The molecule has 1 N–H and O–H groups in total. The number of imidazole rings is 1. The normalized spacial score (nSPS) is 9.69. The summed E-state index contributed by atoms with van der Waals surface area (Å²) in [6, 6.07) is 0. The molecule has 0 aliphatic carbocycles. The number of aryl methyl sites for hydroxylation is 2. The minimum Gasteiger partial charge on any atom is -1.00 e. The summed E-state index contributed by atoms with van der Waals surface area (Å²) in [6.45, 7) is 2.24. The van der Waals surface area contributed by atoms with Gasteiger partial charge in [-0.05, 0) is 6.42 Å². The Balaban J connectivity index is 0.00000144. The van der Waals surface area contributed by atoms with E-state index >= 15 is 0 Å². The van der Waals surface area contributed by atoms with Gasteiger partial charge in [0.2, 0.25) is 0 Å². The van der Waals surface area contributed by atoms with E-state index in [-0.39, 0.29) is 24.0 Å². The Kier molecular flexibility index (Phi) is 7.32. The lowest BCUT2D eigenvalue weighted by Crippen LogP contribution is -3.00. The van der Waals surface area contributed by atoms with Gasteiger partial charge in [0, 0.05) is 6.42 Å². The van der Waals surface area contributed by atoms with Crippen LogP contribution in [0.1, 0.15) is 38.4 Å². The van der Waals surface area contributed by atoms with Crippen molar-refractivity contribution in [1.82, 2.24) is 4.98 Å². The van der Waals surface area contributed by atoms with Crippen molar-refractivity contribution in [2.45, 2.75) is 39.0 Å². The average molecular weight is 294 g/mol. The van der Waals surface area contributed by atoms with Gasteiger partial charge >= 0.3 is 0 Å². The van der Waals surface area contributed by atoms with Crippen LogP contribution in [-0.2, 0) is 13.5 Å². The highest BCUT2D eigenvalue weighted by Gasteiger charge is 2.04. The first-order chi connectivity index (χ1) is 5.84. The number of hydrogen-bond acceptors (Lipinski definition) is 0. The maximum Gasteiger partial charge on any atom is 0.253 e. The minimum absolute atomic E-state index is 0. The van der Waals surface area contributed by atoms with Crippen LogP contribution in [0.3, 0.4) is 0 Å². The fraction of sp³-hybridized carbons (Fsp3) is 0.700. The highest BCUT2D eigenvalue weighted by atomic mass is 127. The average Bonchev–Trinajstić information content (AvgIpc) is 2.46. The highest BCUT2D eigenvalue weighted by molar-refractivity contribution is 4.76. The van der Waals surface area contributed by atoms with E-state index in [0.29, 0.717) is 0 Å². The molecule has 0 unspecified atom stereocenters. The summed E-state index contributed by atoms with van der Waals surface area (Å²) in [7, 11) is 2.09. The second-order valence-corrected chi connectivity index (χ2v) is 3.33. The summed E-state index contributed by atoms with van der Waals surface area (Å²) in [5.41, 5.74) is 0. The van der Waals surface area contributed by atoms with E-state index in [2.05, 4.69) is 29.7 Å². The molecule has 0 bridgehead atoms. The van der Waals surface area contributed by atoms with Crippen molar-refractivity contribution in [3.63, 3.8) is 0 Å². The third-order valence-corrected chi connectivity index (χ3v) is 2.24. The predicted octanol–water partition coefficient (Wildman–Crippen LogP) is -1.03. The van der Waals surface area contributed by atoms with E-state index in [9.17, 15) is 0 Å². The molecular weight excluding hydrogens is 275 g/mol. The minimum atomic E-state index is 0. The Labute approximate surface area is 97.8 Å². The van der Waals surface area contributed by atoms with Crippen molar-refractivity contribution < 1.29 is 28.5 Å². The molecule has 2 nitrogen and oxygen atoms in total. The van der Waals surface area contributed by atoms with Gasteiger partial charge in [-0.25, -0.2) is 9.55 Å². The van der Waals surface area contributed by atoms with E-state index in [1.54, 1.807) is 0 Å². The number of hydrogen-bond donors (Lipinski definition) is 1. The monoisotopic (exact) mass is 294 g/mol. The lowest BCUT2D eigenvalue weighted by atomic mass is 10.1. The maximum absolute atomic E-state index is 3.25. The SMILES string of the molecule is CCCCCCc1[nH]cc[n+]1C.[I-]. The molecule has 0 spiro atoms. The maximum atomic E-state index is 3.25. The summed E-state index contributed by atoms with van der Waals surface area (Å²) < 4.78 is 2.16.